The fraction of sp³-hybridized carbons (Fsp3) is 0.238. The normalized spacial score (nSPS) is 19.0. The second kappa shape index (κ2) is 7.12. The Morgan fingerprint density at radius 2 is 1.70 bits per heavy atom. The molecule has 0 spiro atoms. The van der Waals surface area contributed by atoms with Crippen LogP contribution in [0.1, 0.15) is 18.4 Å². The van der Waals surface area contributed by atoms with E-state index in [-0.39, 0.29) is 29.8 Å². The van der Waals surface area contributed by atoms with Crippen molar-refractivity contribution in [3.8, 4) is 0 Å². The molecule has 0 saturated carbocycles. The standard InChI is InChI=1S/C21H20N2O3S/c24-21(11-15-9-10-27(25,26)14-15)23-22-13-20-18-7-3-1-5-16(18)12-17-6-2-4-8-19(17)20/h1-8,12-13,15H,9-11,14H2,(H,23,24)/b22-13-/t15-/m1/s1. The van der Waals surface area contributed by atoms with Crippen LogP contribution in [0.25, 0.3) is 21.5 Å². The van der Waals surface area contributed by atoms with Crippen LogP contribution in [0, 0.1) is 5.92 Å². The van der Waals surface area contributed by atoms with Gasteiger partial charge in [0.2, 0.25) is 5.91 Å². The lowest BCUT2D eigenvalue weighted by atomic mass is 9.97. The smallest absolute Gasteiger partial charge is 0.240 e. The summed E-state index contributed by atoms with van der Waals surface area (Å²) >= 11 is 0. The van der Waals surface area contributed by atoms with Crippen molar-refractivity contribution in [1.82, 2.24) is 5.43 Å². The first kappa shape index (κ1) is 17.7. The van der Waals surface area contributed by atoms with E-state index < -0.39 is 9.84 Å². The van der Waals surface area contributed by atoms with E-state index in [1.807, 2.05) is 36.4 Å². The summed E-state index contributed by atoms with van der Waals surface area (Å²) in [4.78, 5) is 12.1. The van der Waals surface area contributed by atoms with Crippen molar-refractivity contribution < 1.29 is 13.2 Å². The highest BCUT2D eigenvalue weighted by atomic mass is 32.2. The van der Waals surface area contributed by atoms with Gasteiger partial charge in [0, 0.05) is 12.0 Å². The number of nitrogens with one attached hydrogen (secondary N) is 1. The third kappa shape index (κ3) is 3.85. The summed E-state index contributed by atoms with van der Waals surface area (Å²) in [6.07, 6.45) is 2.41. The van der Waals surface area contributed by atoms with Gasteiger partial charge in [-0.25, -0.2) is 13.8 Å². The van der Waals surface area contributed by atoms with Gasteiger partial charge in [0.25, 0.3) is 0 Å². The molecule has 27 heavy (non-hydrogen) atoms. The molecule has 1 N–H and O–H groups in total. The highest BCUT2D eigenvalue weighted by Gasteiger charge is 2.29. The fourth-order valence-corrected chi connectivity index (χ4v) is 5.56. The quantitative estimate of drug-likeness (QED) is 0.429. The Balaban J connectivity index is 1.56. The van der Waals surface area contributed by atoms with E-state index in [0.717, 1.165) is 27.1 Å². The summed E-state index contributed by atoms with van der Waals surface area (Å²) in [6.45, 7) is 0. The minimum Gasteiger partial charge on any atom is -0.273 e. The van der Waals surface area contributed by atoms with Crippen molar-refractivity contribution in [2.45, 2.75) is 12.8 Å². The molecule has 1 saturated heterocycles. The van der Waals surface area contributed by atoms with Crippen molar-refractivity contribution in [2.75, 3.05) is 11.5 Å². The van der Waals surface area contributed by atoms with Crippen molar-refractivity contribution >= 4 is 43.5 Å². The lowest BCUT2D eigenvalue weighted by Gasteiger charge is -2.08. The zero-order chi connectivity index (χ0) is 18.9. The number of carbonyl (C=O) groups excluding carboxylic acids is 1. The Hall–Kier alpha value is -2.73. The Labute approximate surface area is 158 Å². The number of rotatable bonds is 4. The van der Waals surface area contributed by atoms with Crippen molar-refractivity contribution in [1.29, 1.82) is 0 Å². The van der Waals surface area contributed by atoms with Gasteiger partial charge in [-0.3, -0.25) is 4.79 Å². The minimum absolute atomic E-state index is 0.0953. The number of nitrogens with zero attached hydrogens (tertiary/aromatic N) is 1. The van der Waals surface area contributed by atoms with Gasteiger partial charge in [-0.1, -0.05) is 48.5 Å². The second-order valence-electron chi connectivity index (χ2n) is 7.00. The molecule has 4 rings (SSSR count). The number of hydrogen-bond acceptors (Lipinski definition) is 4. The number of hydrogen-bond donors (Lipinski definition) is 1. The van der Waals surface area contributed by atoms with Gasteiger partial charge < -0.3 is 0 Å². The summed E-state index contributed by atoms with van der Waals surface area (Å²) in [5, 5.41) is 8.50. The molecular weight excluding hydrogens is 360 g/mol. The van der Waals surface area contributed by atoms with Gasteiger partial charge in [0.1, 0.15) is 0 Å². The Morgan fingerprint density at radius 1 is 1.07 bits per heavy atom. The van der Waals surface area contributed by atoms with Crippen molar-refractivity contribution in [3.05, 3.63) is 60.2 Å². The van der Waals surface area contributed by atoms with Gasteiger partial charge in [0.05, 0.1) is 17.7 Å². The van der Waals surface area contributed by atoms with Crippen molar-refractivity contribution in [2.24, 2.45) is 11.0 Å². The molecule has 0 aliphatic carbocycles. The Morgan fingerprint density at radius 3 is 2.30 bits per heavy atom. The topological polar surface area (TPSA) is 75.6 Å². The molecule has 3 aromatic rings. The highest BCUT2D eigenvalue weighted by molar-refractivity contribution is 7.91. The van der Waals surface area contributed by atoms with Crippen LogP contribution < -0.4 is 5.43 Å². The van der Waals surface area contributed by atoms with Crippen LogP contribution in [0.5, 0.6) is 0 Å². The van der Waals surface area contributed by atoms with E-state index in [0.29, 0.717) is 6.42 Å². The predicted molar refractivity (Wildman–Crippen MR) is 109 cm³/mol. The van der Waals surface area contributed by atoms with Crippen LogP contribution in [-0.2, 0) is 14.6 Å². The van der Waals surface area contributed by atoms with E-state index in [1.165, 1.54) is 0 Å². The summed E-state index contributed by atoms with van der Waals surface area (Å²) in [5.41, 5.74) is 3.50. The zero-order valence-corrected chi connectivity index (χ0v) is 15.6. The zero-order valence-electron chi connectivity index (χ0n) is 14.8. The Bertz CT molecular complexity index is 1100. The monoisotopic (exact) mass is 380 g/mol. The molecule has 0 aromatic heterocycles. The molecule has 1 atom stereocenters. The van der Waals surface area contributed by atoms with Gasteiger partial charge in [-0.15, -0.1) is 0 Å². The minimum atomic E-state index is -2.97. The molecule has 1 aliphatic rings. The van der Waals surface area contributed by atoms with Crippen LogP contribution in [-0.4, -0.2) is 32.0 Å². The van der Waals surface area contributed by atoms with E-state index in [2.05, 4.69) is 28.7 Å². The maximum Gasteiger partial charge on any atom is 0.240 e. The first-order chi connectivity index (χ1) is 13.0. The average molecular weight is 380 g/mol. The highest BCUT2D eigenvalue weighted by Crippen LogP contribution is 2.27. The van der Waals surface area contributed by atoms with E-state index >= 15 is 0 Å². The largest absolute Gasteiger partial charge is 0.273 e. The number of hydrazone groups is 1. The molecular formula is C21H20N2O3S. The van der Waals surface area contributed by atoms with E-state index in [4.69, 9.17) is 0 Å². The molecule has 3 aromatic carbocycles. The molecule has 1 fully saturated rings. The summed E-state index contributed by atoms with van der Waals surface area (Å²) in [5.74, 6) is -0.0876. The average Bonchev–Trinajstić information content (AvgIpc) is 2.99. The van der Waals surface area contributed by atoms with E-state index in [1.54, 1.807) is 6.21 Å². The molecule has 1 aliphatic heterocycles. The van der Waals surface area contributed by atoms with Crippen LogP contribution >= 0.6 is 0 Å². The van der Waals surface area contributed by atoms with Crippen LogP contribution in [0.15, 0.2) is 59.7 Å². The van der Waals surface area contributed by atoms with Gasteiger partial charge >= 0.3 is 0 Å². The molecule has 0 radical (unpaired) electrons. The van der Waals surface area contributed by atoms with Crippen molar-refractivity contribution in [3.63, 3.8) is 0 Å². The van der Waals surface area contributed by atoms with Crippen LogP contribution in [0.2, 0.25) is 0 Å². The summed E-state index contributed by atoms with van der Waals surface area (Å²) < 4.78 is 23.0. The van der Waals surface area contributed by atoms with Crippen LogP contribution in [0.3, 0.4) is 0 Å². The number of amides is 1. The molecule has 1 heterocycles. The maximum atomic E-state index is 12.1. The lowest BCUT2D eigenvalue weighted by molar-refractivity contribution is -0.121. The maximum absolute atomic E-state index is 12.1. The molecule has 0 bridgehead atoms. The van der Waals surface area contributed by atoms with Gasteiger partial charge in [0.15, 0.2) is 9.84 Å². The molecule has 138 valence electrons. The first-order valence-corrected chi connectivity index (χ1v) is 10.8. The van der Waals surface area contributed by atoms with Crippen LogP contribution in [0.4, 0.5) is 0 Å². The van der Waals surface area contributed by atoms with Gasteiger partial charge in [-0.2, -0.15) is 5.10 Å². The summed E-state index contributed by atoms with van der Waals surface area (Å²) in [6, 6.07) is 18.3. The van der Waals surface area contributed by atoms with E-state index in [9.17, 15) is 13.2 Å². The predicted octanol–water partition coefficient (Wildman–Crippen LogP) is 3.27. The molecule has 0 unspecified atom stereocenters. The fourth-order valence-electron chi connectivity index (χ4n) is 3.70. The number of fused-ring (bicyclic) bond motifs is 2. The molecule has 6 heteroatoms. The SMILES string of the molecule is O=C(C[C@H]1CCS(=O)(=O)C1)N/N=C\c1c2ccccc2cc2ccccc12. The van der Waals surface area contributed by atoms with Gasteiger partial charge in [-0.05, 0) is 39.9 Å². The second-order valence-corrected chi connectivity index (χ2v) is 9.23. The number of sulfone groups is 1. The molecule has 5 nitrogen and oxygen atoms in total. The lowest BCUT2D eigenvalue weighted by Crippen LogP contribution is -2.21. The summed E-state index contributed by atoms with van der Waals surface area (Å²) in [7, 11) is -2.97. The Kier molecular flexibility index (Phi) is 4.66. The first-order valence-electron chi connectivity index (χ1n) is 8.95. The third-order valence-corrected chi connectivity index (χ3v) is 6.83. The number of benzene rings is 3. The number of carbonyl (C=O) groups is 1. The molecule has 1 amide bonds. The third-order valence-electron chi connectivity index (χ3n) is 5.00.